The van der Waals surface area contributed by atoms with Crippen LogP contribution in [0.25, 0.3) is 6.08 Å². The van der Waals surface area contributed by atoms with Crippen LogP contribution in [-0.2, 0) is 11.0 Å². The molecular formula is C24H27F3N2O. The average molecular weight is 416 g/mol. The minimum Gasteiger partial charge on any atom is -0.370 e. The highest BCUT2D eigenvalue weighted by Gasteiger charge is 2.31. The van der Waals surface area contributed by atoms with Crippen molar-refractivity contribution in [2.45, 2.75) is 45.2 Å². The first kappa shape index (κ1) is 21.9. The van der Waals surface area contributed by atoms with E-state index in [0.29, 0.717) is 11.6 Å². The molecule has 30 heavy (non-hydrogen) atoms. The first-order valence-corrected chi connectivity index (χ1v) is 10.3. The molecule has 2 aromatic carbocycles. The summed E-state index contributed by atoms with van der Waals surface area (Å²) < 4.78 is 39.6. The van der Waals surface area contributed by atoms with E-state index in [2.05, 4.69) is 19.2 Å². The summed E-state index contributed by atoms with van der Waals surface area (Å²) in [6, 6.07) is 11.4. The Hall–Kier alpha value is -2.76. The van der Waals surface area contributed by atoms with E-state index in [-0.39, 0.29) is 5.69 Å². The quantitative estimate of drug-likeness (QED) is 0.567. The summed E-state index contributed by atoms with van der Waals surface area (Å²) in [7, 11) is 0. The molecule has 2 aromatic rings. The van der Waals surface area contributed by atoms with Crippen molar-refractivity contribution in [3.63, 3.8) is 0 Å². The van der Waals surface area contributed by atoms with E-state index in [1.165, 1.54) is 17.7 Å². The molecule has 1 amide bonds. The Bertz CT molecular complexity index is 896. The maximum Gasteiger partial charge on any atom is 0.416 e. The van der Waals surface area contributed by atoms with Crippen LogP contribution in [0.3, 0.4) is 0 Å². The van der Waals surface area contributed by atoms with Gasteiger partial charge in [-0.05, 0) is 60.6 Å². The van der Waals surface area contributed by atoms with Gasteiger partial charge in [0.25, 0.3) is 0 Å². The fourth-order valence-electron chi connectivity index (χ4n) is 3.56. The van der Waals surface area contributed by atoms with Crippen molar-refractivity contribution in [2.24, 2.45) is 0 Å². The number of carbonyl (C=O) groups is 1. The maximum atomic E-state index is 13.2. The van der Waals surface area contributed by atoms with Crippen molar-refractivity contribution in [1.29, 1.82) is 0 Å². The molecule has 3 nitrogen and oxygen atoms in total. The maximum absolute atomic E-state index is 13.2. The SMILES string of the molecule is CC(C)c1ccc(/C=C/C(=O)Nc2cc(C(F)(F)F)ccc2N2CCCCC2)cc1. The van der Waals surface area contributed by atoms with Crippen LogP contribution >= 0.6 is 0 Å². The zero-order chi connectivity index (χ0) is 21.7. The van der Waals surface area contributed by atoms with Gasteiger partial charge in [0.1, 0.15) is 0 Å². The van der Waals surface area contributed by atoms with Crippen LogP contribution < -0.4 is 10.2 Å². The highest BCUT2D eigenvalue weighted by atomic mass is 19.4. The Balaban J connectivity index is 1.79. The lowest BCUT2D eigenvalue weighted by molar-refractivity contribution is -0.137. The molecule has 1 fully saturated rings. The van der Waals surface area contributed by atoms with Crippen LogP contribution in [-0.4, -0.2) is 19.0 Å². The Labute approximate surface area is 175 Å². The summed E-state index contributed by atoms with van der Waals surface area (Å²) in [6.07, 6.45) is 1.63. The van der Waals surface area contributed by atoms with Gasteiger partial charge in [-0.25, -0.2) is 0 Å². The second-order valence-corrected chi connectivity index (χ2v) is 7.92. The molecule has 1 heterocycles. The van der Waals surface area contributed by atoms with Gasteiger partial charge in [-0.2, -0.15) is 13.2 Å². The standard InChI is InChI=1S/C24H27F3N2O/c1-17(2)19-9-6-18(7-10-19)8-13-23(30)28-21-16-20(24(25,26)27)11-12-22(21)29-14-4-3-5-15-29/h6-13,16-17H,3-5,14-15H2,1-2H3,(H,28,30)/b13-8+. The molecule has 6 heteroatoms. The Morgan fingerprint density at radius 1 is 1.03 bits per heavy atom. The zero-order valence-electron chi connectivity index (χ0n) is 17.3. The van der Waals surface area contributed by atoms with Crippen molar-refractivity contribution in [3.8, 4) is 0 Å². The van der Waals surface area contributed by atoms with E-state index < -0.39 is 17.6 Å². The van der Waals surface area contributed by atoms with E-state index in [9.17, 15) is 18.0 Å². The molecular weight excluding hydrogens is 389 g/mol. The second-order valence-electron chi connectivity index (χ2n) is 7.92. The molecule has 0 atom stereocenters. The van der Waals surface area contributed by atoms with Crippen LogP contribution in [0.1, 0.15) is 55.7 Å². The molecule has 1 aliphatic rings. The third-order valence-corrected chi connectivity index (χ3v) is 5.31. The van der Waals surface area contributed by atoms with Gasteiger partial charge < -0.3 is 10.2 Å². The topological polar surface area (TPSA) is 32.3 Å². The predicted molar refractivity (Wildman–Crippen MR) is 116 cm³/mol. The number of piperidine rings is 1. The summed E-state index contributed by atoms with van der Waals surface area (Å²) in [5.74, 6) is -0.0408. The van der Waals surface area contributed by atoms with Crippen molar-refractivity contribution < 1.29 is 18.0 Å². The molecule has 0 saturated carbocycles. The number of carbonyl (C=O) groups excluding carboxylic acids is 1. The van der Waals surface area contributed by atoms with Gasteiger partial charge in [0.15, 0.2) is 0 Å². The van der Waals surface area contributed by atoms with Gasteiger partial charge in [-0.3, -0.25) is 4.79 Å². The van der Waals surface area contributed by atoms with Crippen LogP contribution in [0.4, 0.5) is 24.5 Å². The minimum atomic E-state index is -4.46. The number of anilines is 2. The van der Waals surface area contributed by atoms with Gasteiger partial charge in [-0.1, -0.05) is 38.1 Å². The molecule has 0 aromatic heterocycles. The van der Waals surface area contributed by atoms with Gasteiger partial charge in [0.05, 0.1) is 16.9 Å². The van der Waals surface area contributed by atoms with Crippen molar-refractivity contribution in [1.82, 2.24) is 0 Å². The number of nitrogens with one attached hydrogen (secondary N) is 1. The fraction of sp³-hybridized carbons (Fsp3) is 0.375. The number of halogens is 3. The fourth-order valence-corrected chi connectivity index (χ4v) is 3.56. The molecule has 0 unspecified atom stereocenters. The van der Waals surface area contributed by atoms with Crippen LogP contribution in [0.2, 0.25) is 0 Å². The highest BCUT2D eigenvalue weighted by molar-refractivity contribution is 6.04. The van der Waals surface area contributed by atoms with Crippen molar-refractivity contribution in [2.75, 3.05) is 23.3 Å². The van der Waals surface area contributed by atoms with Gasteiger partial charge in [-0.15, -0.1) is 0 Å². The van der Waals surface area contributed by atoms with E-state index in [1.807, 2.05) is 29.2 Å². The molecule has 1 aliphatic heterocycles. The predicted octanol–water partition coefficient (Wildman–Crippen LogP) is 6.47. The monoisotopic (exact) mass is 416 g/mol. The zero-order valence-corrected chi connectivity index (χ0v) is 17.3. The largest absolute Gasteiger partial charge is 0.416 e. The average Bonchev–Trinajstić information content (AvgIpc) is 2.72. The molecule has 160 valence electrons. The lowest BCUT2D eigenvalue weighted by Gasteiger charge is -2.31. The third kappa shape index (κ3) is 5.65. The summed E-state index contributed by atoms with van der Waals surface area (Å²) in [5.41, 5.74) is 2.11. The lowest BCUT2D eigenvalue weighted by atomic mass is 10.0. The van der Waals surface area contributed by atoms with Crippen molar-refractivity contribution in [3.05, 3.63) is 65.2 Å². The van der Waals surface area contributed by atoms with Crippen LogP contribution in [0.15, 0.2) is 48.5 Å². The number of nitrogens with zero attached hydrogens (tertiary/aromatic N) is 1. The highest BCUT2D eigenvalue weighted by Crippen LogP contribution is 2.36. The van der Waals surface area contributed by atoms with E-state index >= 15 is 0 Å². The normalized spacial score (nSPS) is 15.1. The summed E-state index contributed by atoms with van der Waals surface area (Å²) in [6.45, 7) is 5.75. The molecule has 0 spiro atoms. The van der Waals surface area contributed by atoms with E-state index in [0.717, 1.165) is 50.0 Å². The van der Waals surface area contributed by atoms with E-state index in [4.69, 9.17) is 0 Å². The number of rotatable bonds is 5. The van der Waals surface area contributed by atoms with Crippen LogP contribution in [0, 0.1) is 0 Å². The first-order chi connectivity index (χ1) is 14.2. The second kappa shape index (κ2) is 9.37. The summed E-state index contributed by atoms with van der Waals surface area (Å²) >= 11 is 0. The summed E-state index contributed by atoms with van der Waals surface area (Å²) in [5, 5.41) is 2.65. The Morgan fingerprint density at radius 2 is 1.70 bits per heavy atom. The third-order valence-electron chi connectivity index (χ3n) is 5.31. The molecule has 3 rings (SSSR count). The van der Waals surface area contributed by atoms with Gasteiger partial charge in [0.2, 0.25) is 5.91 Å². The molecule has 0 aliphatic carbocycles. The van der Waals surface area contributed by atoms with Gasteiger partial charge >= 0.3 is 6.18 Å². The summed E-state index contributed by atoms with van der Waals surface area (Å²) in [4.78, 5) is 14.5. The number of hydrogen-bond acceptors (Lipinski definition) is 2. The molecule has 1 saturated heterocycles. The Morgan fingerprint density at radius 3 is 2.30 bits per heavy atom. The molecule has 0 bridgehead atoms. The lowest BCUT2D eigenvalue weighted by Crippen LogP contribution is -2.30. The minimum absolute atomic E-state index is 0.191. The van der Waals surface area contributed by atoms with Crippen molar-refractivity contribution >= 4 is 23.4 Å². The smallest absolute Gasteiger partial charge is 0.370 e. The number of hydrogen-bond donors (Lipinski definition) is 1. The molecule has 0 radical (unpaired) electrons. The molecule has 1 N–H and O–H groups in total. The number of benzene rings is 2. The number of alkyl halides is 3. The van der Waals surface area contributed by atoms with Gasteiger partial charge in [0, 0.05) is 19.2 Å². The first-order valence-electron chi connectivity index (χ1n) is 10.3. The number of amides is 1. The van der Waals surface area contributed by atoms with E-state index in [1.54, 1.807) is 6.08 Å². The Kier molecular flexibility index (Phi) is 6.85. The van der Waals surface area contributed by atoms with Crippen LogP contribution in [0.5, 0.6) is 0 Å².